The minimum absolute atomic E-state index is 0.326. The highest BCUT2D eigenvalue weighted by molar-refractivity contribution is 5.87. The maximum Gasteiger partial charge on any atom is 0.326 e. The maximum absolute atomic E-state index is 11.9. The summed E-state index contributed by atoms with van der Waals surface area (Å²) in [6.07, 6.45) is -0.466. The third kappa shape index (κ3) is 3.56. The van der Waals surface area contributed by atoms with Crippen molar-refractivity contribution in [3.63, 3.8) is 0 Å². The Balaban J connectivity index is 2.78. The number of nitrogens with one attached hydrogen (secondary N) is 1. The summed E-state index contributed by atoms with van der Waals surface area (Å²) in [4.78, 5) is 22.8. The number of amides is 1. The molecule has 0 saturated carbocycles. The lowest BCUT2D eigenvalue weighted by atomic mass is 10.1. The van der Waals surface area contributed by atoms with Crippen molar-refractivity contribution < 1.29 is 19.4 Å². The number of carboxylic acid groups (broad SMARTS) is 1. The lowest BCUT2D eigenvalue weighted by Gasteiger charge is -2.18. The number of hydrogen-bond donors (Lipinski definition) is 2. The smallest absolute Gasteiger partial charge is 0.326 e. The Hall–Kier alpha value is -1.88. The average Bonchev–Trinajstić information content (AvgIpc) is 2.37. The first-order valence-electron chi connectivity index (χ1n) is 5.71. The van der Waals surface area contributed by atoms with Crippen molar-refractivity contribution in [1.29, 1.82) is 0 Å². The van der Waals surface area contributed by atoms with Crippen molar-refractivity contribution in [2.45, 2.75) is 25.5 Å². The molecule has 0 fully saturated rings. The van der Waals surface area contributed by atoms with E-state index >= 15 is 0 Å². The second-order valence-corrected chi connectivity index (χ2v) is 3.83. The van der Waals surface area contributed by atoms with E-state index in [2.05, 4.69) is 5.32 Å². The van der Waals surface area contributed by atoms with Crippen LogP contribution in [0, 0.1) is 0 Å². The number of carboxylic acids is 1. The van der Waals surface area contributed by atoms with Crippen molar-refractivity contribution in [2.24, 2.45) is 0 Å². The van der Waals surface area contributed by atoms with Crippen molar-refractivity contribution in [1.82, 2.24) is 5.32 Å². The van der Waals surface area contributed by atoms with Gasteiger partial charge in [-0.05, 0) is 12.0 Å². The Labute approximate surface area is 106 Å². The van der Waals surface area contributed by atoms with E-state index in [0.29, 0.717) is 12.0 Å². The number of methoxy groups -OCH3 is 1. The highest BCUT2D eigenvalue weighted by atomic mass is 16.5. The molecule has 1 rings (SSSR count). The number of rotatable bonds is 6. The van der Waals surface area contributed by atoms with Crippen LogP contribution in [0.4, 0.5) is 0 Å². The molecule has 0 aliphatic heterocycles. The number of ether oxygens (including phenoxy) is 1. The quantitative estimate of drug-likeness (QED) is 0.800. The molecule has 5 nitrogen and oxygen atoms in total. The van der Waals surface area contributed by atoms with E-state index in [-0.39, 0.29) is 0 Å². The summed E-state index contributed by atoms with van der Waals surface area (Å²) in [5.74, 6) is -1.49. The van der Waals surface area contributed by atoms with Crippen molar-refractivity contribution in [3.05, 3.63) is 35.9 Å². The molecule has 1 aromatic rings. The number of aliphatic carboxylic acids is 1. The standard InChI is InChI=1S/C13H17NO4/c1-3-10(13(16)17)14-12(15)11(18-2)9-7-5-4-6-8-9/h4-8,10-11H,3H2,1-2H3,(H,14,15)(H,16,17)/t10-,11?/m0/s1. The molecule has 98 valence electrons. The molecule has 1 aromatic carbocycles. The molecular formula is C13H17NO4. The summed E-state index contributed by atoms with van der Waals surface area (Å²) in [6.45, 7) is 1.70. The van der Waals surface area contributed by atoms with E-state index in [1.54, 1.807) is 31.2 Å². The van der Waals surface area contributed by atoms with Crippen molar-refractivity contribution in [3.8, 4) is 0 Å². The molecule has 0 aliphatic carbocycles. The van der Waals surface area contributed by atoms with Crippen LogP contribution in [0.25, 0.3) is 0 Å². The van der Waals surface area contributed by atoms with Crippen molar-refractivity contribution in [2.75, 3.05) is 7.11 Å². The second-order valence-electron chi connectivity index (χ2n) is 3.83. The number of benzene rings is 1. The molecule has 5 heteroatoms. The van der Waals surface area contributed by atoms with Crippen LogP contribution in [0.5, 0.6) is 0 Å². The van der Waals surface area contributed by atoms with E-state index in [9.17, 15) is 9.59 Å². The summed E-state index contributed by atoms with van der Waals surface area (Å²) in [7, 11) is 1.42. The zero-order valence-corrected chi connectivity index (χ0v) is 10.4. The summed E-state index contributed by atoms with van der Waals surface area (Å²) >= 11 is 0. The van der Waals surface area contributed by atoms with Crippen LogP contribution in [0.1, 0.15) is 25.0 Å². The van der Waals surface area contributed by atoms with Crippen LogP contribution in [0.3, 0.4) is 0 Å². The molecule has 18 heavy (non-hydrogen) atoms. The van der Waals surface area contributed by atoms with Gasteiger partial charge in [-0.2, -0.15) is 0 Å². The van der Waals surface area contributed by atoms with E-state index in [1.165, 1.54) is 7.11 Å². The third-order valence-corrected chi connectivity index (χ3v) is 2.60. The zero-order valence-electron chi connectivity index (χ0n) is 10.4. The Bertz CT molecular complexity index is 405. The zero-order chi connectivity index (χ0) is 13.5. The molecule has 0 saturated heterocycles. The Morgan fingerprint density at radius 1 is 1.33 bits per heavy atom. The van der Waals surface area contributed by atoms with Gasteiger partial charge < -0.3 is 15.2 Å². The molecule has 1 amide bonds. The number of hydrogen-bond acceptors (Lipinski definition) is 3. The first-order chi connectivity index (χ1) is 8.60. The monoisotopic (exact) mass is 251 g/mol. The van der Waals surface area contributed by atoms with Crippen LogP contribution in [-0.4, -0.2) is 30.1 Å². The second kappa shape index (κ2) is 6.76. The molecule has 0 spiro atoms. The molecule has 2 N–H and O–H groups in total. The fourth-order valence-corrected chi connectivity index (χ4v) is 1.61. The Kier molecular flexibility index (Phi) is 5.32. The summed E-state index contributed by atoms with van der Waals surface area (Å²) in [5.41, 5.74) is 0.692. The summed E-state index contributed by atoms with van der Waals surface area (Å²) in [6, 6.07) is 8.05. The van der Waals surface area contributed by atoms with Crippen LogP contribution >= 0.6 is 0 Å². The van der Waals surface area contributed by atoms with E-state index in [1.807, 2.05) is 6.07 Å². The SMILES string of the molecule is CC[C@H](NC(=O)C(OC)c1ccccc1)C(=O)O. The van der Waals surface area contributed by atoms with Gasteiger partial charge in [0.2, 0.25) is 0 Å². The van der Waals surface area contributed by atoms with E-state index < -0.39 is 24.0 Å². The molecule has 1 unspecified atom stereocenters. The largest absolute Gasteiger partial charge is 0.480 e. The number of carbonyl (C=O) groups is 2. The lowest BCUT2D eigenvalue weighted by molar-refractivity contribution is -0.144. The van der Waals surface area contributed by atoms with Gasteiger partial charge in [0.25, 0.3) is 5.91 Å². The van der Waals surface area contributed by atoms with E-state index in [0.717, 1.165) is 0 Å². The Morgan fingerprint density at radius 3 is 2.39 bits per heavy atom. The van der Waals surface area contributed by atoms with Crippen LogP contribution in [0.2, 0.25) is 0 Å². The van der Waals surface area contributed by atoms with Gasteiger partial charge in [0, 0.05) is 7.11 Å². The van der Waals surface area contributed by atoms with Crippen LogP contribution in [-0.2, 0) is 14.3 Å². The Morgan fingerprint density at radius 2 is 1.94 bits per heavy atom. The minimum atomic E-state index is -1.05. The van der Waals surface area contributed by atoms with E-state index in [4.69, 9.17) is 9.84 Å². The molecular weight excluding hydrogens is 234 g/mol. The predicted octanol–water partition coefficient (Wildman–Crippen LogP) is 1.35. The van der Waals surface area contributed by atoms with Crippen molar-refractivity contribution >= 4 is 11.9 Å². The molecule has 0 aliphatic rings. The van der Waals surface area contributed by atoms with Gasteiger partial charge in [0.15, 0.2) is 6.10 Å². The maximum atomic E-state index is 11.9. The fourth-order valence-electron chi connectivity index (χ4n) is 1.61. The third-order valence-electron chi connectivity index (χ3n) is 2.60. The van der Waals surface area contributed by atoms with Crippen LogP contribution < -0.4 is 5.32 Å². The molecule has 0 aromatic heterocycles. The lowest BCUT2D eigenvalue weighted by Crippen LogP contribution is -2.43. The van der Waals surface area contributed by atoms with Gasteiger partial charge in [0.05, 0.1) is 0 Å². The van der Waals surface area contributed by atoms with Gasteiger partial charge >= 0.3 is 5.97 Å². The van der Waals surface area contributed by atoms with Gasteiger partial charge in [-0.15, -0.1) is 0 Å². The van der Waals surface area contributed by atoms with Gasteiger partial charge in [0.1, 0.15) is 6.04 Å². The van der Waals surface area contributed by atoms with Gasteiger partial charge in [-0.3, -0.25) is 4.79 Å². The van der Waals surface area contributed by atoms with Gasteiger partial charge in [-0.25, -0.2) is 4.79 Å². The molecule has 0 heterocycles. The average molecular weight is 251 g/mol. The minimum Gasteiger partial charge on any atom is -0.480 e. The summed E-state index contributed by atoms with van der Waals surface area (Å²) in [5, 5.41) is 11.3. The number of carbonyl (C=O) groups excluding carboxylic acids is 1. The van der Waals surface area contributed by atoms with Gasteiger partial charge in [-0.1, -0.05) is 37.3 Å². The summed E-state index contributed by atoms with van der Waals surface area (Å²) < 4.78 is 5.12. The molecule has 0 bridgehead atoms. The topological polar surface area (TPSA) is 75.6 Å². The molecule has 2 atom stereocenters. The fraction of sp³-hybridized carbons (Fsp3) is 0.385. The predicted molar refractivity (Wildman–Crippen MR) is 66.0 cm³/mol. The first-order valence-corrected chi connectivity index (χ1v) is 5.71. The molecule has 0 radical (unpaired) electrons. The normalized spacial score (nSPS) is 13.7. The highest BCUT2D eigenvalue weighted by Crippen LogP contribution is 2.16. The van der Waals surface area contributed by atoms with Crippen LogP contribution in [0.15, 0.2) is 30.3 Å². The first kappa shape index (κ1) is 14.2. The highest BCUT2D eigenvalue weighted by Gasteiger charge is 2.24.